The summed E-state index contributed by atoms with van der Waals surface area (Å²) < 4.78 is 36.1. The predicted molar refractivity (Wildman–Crippen MR) is 66.0 cm³/mol. The van der Waals surface area contributed by atoms with Crippen molar-refractivity contribution in [3.05, 3.63) is 29.8 Å². The summed E-state index contributed by atoms with van der Waals surface area (Å²) in [5.41, 5.74) is 0. The van der Waals surface area contributed by atoms with Crippen LogP contribution in [0.2, 0.25) is 0 Å². The number of halogens is 2. The van der Waals surface area contributed by atoms with E-state index in [9.17, 15) is 13.6 Å². The Labute approximate surface area is 110 Å². The largest absolute Gasteiger partial charge is 0.488 e. The van der Waals surface area contributed by atoms with Crippen molar-refractivity contribution in [1.82, 2.24) is 5.32 Å². The quantitative estimate of drug-likeness (QED) is 0.771. The standard InChI is InChI=1S/C13H17F2NO3/c1-3-16-11(13(17)18-4-2)8-19-12-6-5-9(14)7-10(12)15/h5-7,11,16H,3-4,8H2,1-2H3. The molecule has 0 saturated carbocycles. The van der Waals surface area contributed by atoms with Gasteiger partial charge in [-0.05, 0) is 25.6 Å². The Morgan fingerprint density at radius 1 is 1.37 bits per heavy atom. The molecule has 0 aromatic heterocycles. The Bertz CT molecular complexity index is 426. The molecule has 1 aromatic rings. The third kappa shape index (κ3) is 4.82. The summed E-state index contributed by atoms with van der Waals surface area (Å²) in [5, 5.41) is 2.87. The Morgan fingerprint density at radius 2 is 2.11 bits per heavy atom. The molecule has 1 unspecified atom stereocenters. The van der Waals surface area contributed by atoms with Crippen LogP contribution in [-0.2, 0) is 9.53 Å². The monoisotopic (exact) mass is 273 g/mol. The number of benzene rings is 1. The molecule has 0 aliphatic rings. The van der Waals surface area contributed by atoms with Crippen molar-refractivity contribution in [2.75, 3.05) is 19.8 Å². The van der Waals surface area contributed by atoms with Gasteiger partial charge in [0, 0.05) is 6.07 Å². The van der Waals surface area contributed by atoms with E-state index in [-0.39, 0.29) is 19.0 Å². The highest BCUT2D eigenvalue weighted by atomic mass is 19.1. The van der Waals surface area contributed by atoms with Gasteiger partial charge in [-0.2, -0.15) is 0 Å². The minimum absolute atomic E-state index is 0.0881. The molecule has 0 aliphatic heterocycles. The van der Waals surface area contributed by atoms with E-state index in [1.807, 2.05) is 6.92 Å². The van der Waals surface area contributed by atoms with Crippen LogP contribution in [0.15, 0.2) is 18.2 Å². The summed E-state index contributed by atoms with van der Waals surface area (Å²) in [4.78, 5) is 11.6. The molecule has 0 heterocycles. The molecule has 0 fully saturated rings. The highest BCUT2D eigenvalue weighted by Gasteiger charge is 2.20. The van der Waals surface area contributed by atoms with Crippen LogP contribution < -0.4 is 10.1 Å². The van der Waals surface area contributed by atoms with Gasteiger partial charge in [0.2, 0.25) is 0 Å². The normalized spacial score (nSPS) is 12.0. The second-order valence-electron chi connectivity index (χ2n) is 3.75. The molecule has 0 saturated heterocycles. The molecule has 1 aromatic carbocycles. The van der Waals surface area contributed by atoms with Gasteiger partial charge in [-0.1, -0.05) is 6.92 Å². The Balaban J connectivity index is 2.62. The van der Waals surface area contributed by atoms with E-state index in [4.69, 9.17) is 9.47 Å². The number of hydrogen-bond donors (Lipinski definition) is 1. The second-order valence-corrected chi connectivity index (χ2v) is 3.75. The Kier molecular flexibility index (Phi) is 6.21. The molecule has 19 heavy (non-hydrogen) atoms. The van der Waals surface area contributed by atoms with E-state index in [1.165, 1.54) is 6.07 Å². The van der Waals surface area contributed by atoms with E-state index in [2.05, 4.69) is 5.32 Å². The van der Waals surface area contributed by atoms with Crippen molar-refractivity contribution in [2.45, 2.75) is 19.9 Å². The number of rotatable bonds is 7. The number of esters is 1. The van der Waals surface area contributed by atoms with Gasteiger partial charge >= 0.3 is 5.97 Å². The third-order valence-electron chi connectivity index (χ3n) is 2.32. The minimum atomic E-state index is -0.806. The van der Waals surface area contributed by atoms with Gasteiger partial charge in [-0.3, -0.25) is 4.79 Å². The third-order valence-corrected chi connectivity index (χ3v) is 2.32. The van der Waals surface area contributed by atoms with Crippen molar-refractivity contribution in [3.8, 4) is 5.75 Å². The average molecular weight is 273 g/mol. The molecule has 4 nitrogen and oxygen atoms in total. The van der Waals surface area contributed by atoms with Crippen molar-refractivity contribution >= 4 is 5.97 Å². The number of carbonyl (C=O) groups excluding carboxylic acids is 1. The first-order chi connectivity index (χ1) is 9.08. The lowest BCUT2D eigenvalue weighted by atomic mass is 10.3. The number of ether oxygens (including phenoxy) is 2. The van der Waals surface area contributed by atoms with Crippen molar-refractivity contribution in [3.63, 3.8) is 0 Å². The fraction of sp³-hybridized carbons (Fsp3) is 0.462. The average Bonchev–Trinajstić information content (AvgIpc) is 2.36. The fourth-order valence-electron chi connectivity index (χ4n) is 1.46. The number of hydrogen-bond acceptors (Lipinski definition) is 4. The van der Waals surface area contributed by atoms with Crippen LogP contribution >= 0.6 is 0 Å². The van der Waals surface area contributed by atoms with Crippen LogP contribution in [0.5, 0.6) is 5.75 Å². The van der Waals surface area contributed by atoms with Gasteiger partial charge in [-0.25, -0.2) is 8.78 Å². The zero-order valence-electron chi connectivity index (χ0n) is 10.9. The number of carbonyl (C=O) groups is 1. The molecule has 0 radical (unpaired) electrons. The van der Waals surface area contributed by atoms with E-state index in [0.717, 1.165) is 12.1 Å². The summed E-state index contributed by atoms with van der Waals surface area (Å²) in [6.45, 7) is 4.23. The van der Waals surface area contributed by atoms with Gasteiger partial charge in [-0.15, -0.1) is 0 Å². The van der Waals surface area contributed by atoms with Crippen LogP contribution in [0.3, 0.4) is 0 Å². The first-order valence-corrected chi connectivity index (χ1v) is 6.06. The maximum atomic E-state index is 13.3. The van der Waals surface area contributed by atoms with Crippen LogP contribution in [0, 0.1) is 11.6 Å². The predicted octanol–water partition coefficient (Wildman–Crippen LogP) is 1.88. The molecule has 1 atom stereocenters. The lowest BCUT2D eigenvalue weighted by molar-refractivity contribution is -0.146. The summed E-state index contributed by atoms with van der Waals surface area (Å²) in [6, 6.07) is 2.31. The van der Waals surface area contributed by atoms with E-state index in [1.54, 1.807) is 6.92 Å². The molecule has 0 aliphatic carbocycles. The van der Waals surface area contributed by atoms with Gasteiger partial charge < -0.3 is 14.8 Å². The van der Waals surface area contributed by atoms with Crippen LogP contribution in [0.4, 0.5) is 8.78 Å². The maximum Gasteiger partial charge on any atom is 0.326 e. The summed E-state index contributed by atoms with van der Waals surface area (Å²) in [7, 11) is 0. The highest BCUT2D eigenvalue weighted by Crippen LogP contribution is 2.17. The molecule has 1 rings (SSSR count). The van der Waals surface area contributed by atoms with Gasteiger partial charge in [0.15, 0.2) is 11.6 Å². The first kappa shape index (κ1) is 15.4. The molecule has 6 heteroatoms. The molecular formula is C13H17F2NO3. The molecule has 0 amide bonds. The number of nitrogens with one attached hydrogen (secondary N) is 1. The smallest absolute Gasteiger partial charge is 0.326 e. The Hall–Kier alpha value is -1.69. The summed E-state index contributed by atoms with van der Waals surface area (Å²) >= 11 is 0. The first-order valence-electron chi connectivity index (χ1n) is 6.06. The Morgan fingerprint density at radius 3 is 2.68 bits per heavy atom. The van der Waals surface area contributed by atoms with Crippen molar-refractivity contribution in [2.24, 2.45) is 0 Å². The van der Waals surface area contributed by atoms with Crippen LogP contribution in [-0.4, -0.2) is 31.8 Å². The zero-order chi connectivity index (χ0) is 14.3. The topological polar surface area (TPSA) is 47.6 Å². The fourth-order valence-corrected chi connectivity index (χ4v) is 1.46. The second kappa shape index (κ2) is 7.68. The molecule has 0 spiro atoms. The van der Waals surface area contributed by atoms with E-state index in [0.29, 0.717) is 6.54 Å². The molecule has 106 valence electrons. The van der Waals surface area contributed by atoms with Crippen LogP contribution in [0.25, 0.3) is 0 Å². The molecule has 0 bridgehead atoms. The summed E-state index contributed by atoms with van der Waals surface area (Å²) in [6.07, 6.45) is 0. The maximum absolute atomic E-state index is 13.3. The zero-order valence-corrected chi connectivity index (χ0v) is 10.9. The minimum Gasteiger partial charge on any atom is -0.488 e. The van der Waals surface area contributed by atoms with E-state index >= 15 is 0 Å². The van der Waals surface area contributed by atoms with Crippen LogP contribution in [0.1, 0.15) is 13.8 Å². The van der Waals surface area contributed by atoms with Crippen molar-refractivity contribution < 1.29 is 23.0 Å². The lowest BCUT2D eigenvalue weighted by Crippen LogP contribution is -2.42. The van der Waals surface area contributed by atoms with Gasteiger partial charge in [0.1, 0.15) is 18.5 Å². The molecule has 1 N–H and O–H groups in total. The van der Waals surface area contributed by atoms with Gasteiger partial charge in [0.05, 0.1) is 6.61 Å². The summed E-state index contributed by atoms with van der Waals surface area (Å²) in [5.74, 6) is -2.06. The lowest BCUT2D eigenvalue weighted by Gasteiger charge is -2.17. The SMILES string of the molecule is CCNC(COc1ccc(F)cc1F)C(=O)OCC. The van der Waals surface area contributed by atoms with E-state index < -0.39 is 23.6 Å². The number of likely N-dealkylation sites (N-methyl/N-ethyl adjacent to an activating group) is 1. The van der Waals surface area contributed by atoms with Crippen molar-refractivity contribution in [1.29, 1.82) is 0 Å². The highest BCUT2D eigenvalue weighted by molar-refractivity contribution is 5.76. The van der Waals surface area contributed by atoms with Gasteiger partial charge in [0.25, 0.3) is 0 Å². The molecular weight excluding hydrogens is 256 g/mol.